The third-order valence-electron chi connectivity index (χ3n) is 2.52. The minimum Gasteiger partial charge on any atom is -0.382 e. The molecule has 0 fully saturated rings. The molecule has 0 aromatic heterocycles. The summed E-state index contributed by atoms with van der Waals surface area (Å²) < 4.78 is 5.30. The van der Waals surface area contributed by atoms with E-state index in [1.807, 2.05) is 0 Å². The van der Waals surface area contributed by atoms with E-state index >= 15 is 0 Å². The smallest absolute Gasteiger partial charge is 0.0465 e. The topological polar surface area (TPSA) is 9.23 Å². The lowest BCUT2D eigenvalue weighted by Gasteiger charge is -2.03. The van der Waals surface area contributed by atoms with E-state index in [1.54, 1.807) is 6.04 Å². The standard InChI is InChI=1S/C12H28OSi/c1-4-13-11-9-7-5-6-8-10-12-14(2)3/h14H,4-12H2,1-3H3. The van der Waals surface area contributed by atoms with Crippen LogP contribution in [0.2, 0.25) is 19.1 Å². The number of hydrogen-bond acceptors (Lipinski definition) is 1. The highest BCUT2D eigenvalue weighted by molar-refractivity contribution is 6.55. The predicted octanol–water partition coefficient (Wildman–Crippen LogP) is 3.85. The summed E-state index contributed by atoms with van der Waals surface area (Å²) in [5.41, 5.74) is 0. The molecule has 0 rings (SSSR count). The second kappa shape index (κ2) is 11.3. The fourth-order valence-corrected chi connectivity index (χ4v) is 2.71. The quantitative estimate of drug-likeness (QED) is 0.398. The summed E-state index contributed by atoms with van der Waals surface area (Å²) >= 11 is 0. The van der Waals surface area contributed by atoms with Crippen molar-refractivity contribution in [1.82, 2.24) is 0 Å². The summed E-state index contributed by atoms with van der Waals surface area (Å²) in [5, 5.41) is 0. The molecule has 0 radical (unpaired) electrons. The molecule has 0 aliphatic heterocycles. The average molecular weight is 216 g/mol. The first kappa shape index (κ1) is 14.2. The molecule has 0 heterocycles. The van der Waals surface area contributed by atoms with Gasteiger partial charge in [0.15, 0.2) is 0 Å². The maximum Gasteiger partial charge on any atom is 0.0465 e. The third-order valence-corrected chi connectivity index (χ3v) is 4.09. The van der Waals surface area contributed by atoms with Crippen molar-refractivity contribution < 1.29 is 4.74 Å². The van der Waals surface area contributed by atoms with Crippen LogP contribution in [-0.2, 0) is 4.74 Å². The Morgan fingerprint density at radius 1 is 0.857 bits per heavy atom. The molecule has 14 heavy (non-hydrogen) atoms. The van der Waals surface area contributed by atoms with Crippen LogP contribution in [0.3, 0.4) is 0 Å². The molecule has 2 heteroatoms. The van der Waals surface area contributed by atoms with Gasteiger partial charge >= 0.3 is 0 Å². The maximum atomic E-state index is 5.30. The van der Waals surface area contributed by atoms with Gasteiger partial charge in [0.25, 0.3) is 0 Å². The van der Waals surface area contributed by atoms with Gasteiger partial charge in [-0.25, -0.2) is 0 Å². The van der Waals surface area contributed by atoms with Crippen molar-refractivity contribution in [1.29, 1.82) is 0 Å². The van der Waals surface area contributed by atoms with Gasteiger partial charge in [-0.15, -0.1) is 0 Å². The second-order valence-corrected chi connectivity index (χ2v) is 7.87. The average Bonchev–Trinajstić information content (AvgIpc) is 2.15. The summed E-state index contributed by atoms with van der Waals surface area (Å²) in [6.45, 7) is 8.80. The second-order valence-electron chi connectivity index (χ2n) is 4.50. The zero-order valence-electron chi connectivity index (χ0n) is 10.3. The van der Waals surface area contributed by atoms with Gasteiger partial charge in [0, 0.05) is 22.0 Å². The molecule has 0 amide bonds. The van der Waals surface area contributed by atoms with Crippen LogP contribution in [0.15, 0.2) is 0 Å². The lowest BCUT2D eigenvalue weighted by molar-refractivity contribution is 0.143. The van der Waals surface area contributed by atoms with Crippen LogP contribution in [0.1, 0.15) is 45.4 Å². The van der Waals surface area contributed by atoms with Gasteiger partial charge in [-0.05, 0) is 13.3 Å². The van der Waals surface area contributed by atoms with Gasteiger partial charge in [-0.3, -0.25) is 0 Å². The van der Waals surface area contributed by atoms with Gasteiger partial charge < -0.3 is 4.74 Å². The lowest BCUT2D eigenvalue weighted by Crippen LogP contribution is -1.97. The number of unbranched alkanes of at least 4 members (excludes halogenated alkanes) is 5. The van der Waals surface area contributed by atoms with Crippen LogP contribution in [0.4, 0.5) is 0 Å². The van der Waals surface area contributed by atoms with Crippen LogP contribution in [0.25, 0.3) is 0 Å². The van der Waals surface area contributed by atoms with E-state index in [-0.39, 0.29) is 8.80 Å². The molecular formula is C12H28OSi. The number of hydrogen-bond donors (Lipinski definition) is 0. The van der Waals surface area contributed by atoms with Gasteiger partial charge in [0.05, 0.1) is 0 Å². The molecule has 0 atom stereocenters. The molecule has 0 unspecified atom stereocenters. The Kier molecular flexibility index (Phi) is 11.4. The summed E-state index contributed by atoms with van der Waals surface area (Å²) in [5.74, 6) is 0. The van der Waals surface area contributed by atoms with Crippen molar-refractivity contribution in [2.45, 2.75) is 64.6 Å². The Hall–Kier alpha value is 0.177. The minimum absolute atomic E-state index is 0.265. The van der Waals surface area contributed by atoms with E-state index in [0.717, 1.165) is 13.2 Å². The molecule has 0 saturated carbocycles. The fourth-order valence-electron chi connectivity index (χ4n) is 1.61. The van der Waals surface area contributed by atoms with Crippen molar-refractivity contribution >= 4 is 8.80 Å². The van der Waals surface area contributed by atoms with Crippen molar-refractivity contribution in [2.75, 3.05) is 13.2 Å². The molecule has 1 nitrogen and oxygen atoms in total. The van der Waals surface area contributed by atoms with Gasteiger partial charge in [-0.1, -0.05) is 51.2 Å². The first-order valence-corrected chi connectivity index (χ1v) is 9.47. The third kappa shape index (κ3) is 12.2. The van der Waals surface area contributed by atoms with Crippen molar-refractivity contribution in [3.05, 3.63) is 0 Å². The van der Waals surface area contributed by atoms with E-state index < -0.39 is 0 Å². The van der Waals surface area contributed by atoms with Crippen LogP contribution < -0.4 is 0 Å². The molecule has 0 aliphatic carbocycles. The summed E-state index contributed by atoms with van der Waals surface area (Å²) in [4.78, 5) is 0. The van der Waals surface area contributed by atoms with Gasteiger partial charge in [-0.2, -0.15) is 0 Å². The molecule has 0 N–H and O–H groups in total. The SMILES string of the molecule is CCOCCCCCCCC[SiH](C)C. The van der Waals surface area contributed by atoms with E-state index in [9.17, 15) is 0 Å². The van der Waals surface area contributed by atoms with Crippen molar-refractivity contribution in [3.8, 4) is 0 Å². The first-order chi connectivity index (χ1) is 6.77. The highest BCUT2D eigenvalue weighted by atomic mass is 28.3. The molecule has 0 aromatic rings. The number of ether oxygens (including phenoxy) is 1. The summed E-state index contributed by atoms with van der Waals surface area (Å²) in [6, 6.07) is 1.54. The molecule has 86 valence electrons. The van der Waals surface area contributed by atoms with E-state index in [0.29, 0.717) is 0 Å². The normalized spacial score (nSPS) is 11.1. The Labute approximate surface area is 91.8 Å². The summed E-state index contributed by atoms with van der Waals surface area (Å²) in [7, 11) is -0.265. The highest BCUT2D eigenvalue weighted by Crippen LogP contribution is 2.09. The van der Waals surface area contributed by atoms with Crippen LogP contribution >= 0.6 is 0 Å². The van der Waals surface area contributed by atoms with E-state index in [4.69, 9.17) is 4.74 Å². The maximum absolute atomic E-state index is 5.30. The van der Waals surface area contributed by atoms with Crippen LogP contribution in [0, 0.1) is 0 Å². The molecular weight excluding hydrogens is 188 g/mol. The monoisotopic (exact) mass is 216 g/mol. The lowest BCUT2D eigenvalue weighted by atomic mass is 10.1. The summed E-state index contributed by atoms with van der Waals surface area (Å²) in [6.07, 6.45) is 8.40. The molecule has 0 saturated heterocycles. The van der Waals surface area contributed by atoms with Gasteiger partial charge in [0.2, 0.25) is 0 Å². The van der Waals surface area contributed by atoms with Crippen LogP contribution in [-0.4, -0.2) is 22.0 Å². The highest BCUT2D eigenvalue weighted by Gasteiger charge is 1.95. The zero-order chi connectivity index (χ0) is 10.6. The molecule has 0 spiro atoms. The predicted molar refractivity (Wildman–Crippen MR) is 67.9 cm³/mol. The molecule has 0 aliphatic rings. The Bertz CT molecular complexity index is 104. The Balaban J connectivity index is 2.85. The van der Waals surface area contributed by atoms with Gasteiger partial charge in [0.1, 0.15) is 0 Å². The van der Waals surface area contributed by atoms with Crippen molar-refractivity contribution in [2.24, 2.45) is 0 Å². The van der Waals surface area contributed by atoms with E-state index in [2.05, 4.69) is 20.0 Å². The zero-order valence-corrected chi connectivity index (χ0v) is 11.5. The first-order valence-electron chi connectivity index (χ1n) is 6.35. The largest absolute Gasteiger partial charge is 0.382 e. The van der Waals surface area contributed by atoms with Crippen molar-refractivity contribution in [3.63, 3.8) is 0 Å². The number of rotatable bonds is 10. The molecule has 0 bridgehead atoms. The Morgan fingerprint density at radius 2 is 1.43 bits per heavy atom. The molecule has 0 aromatic carbocycles. The fraction of sp³-hybridized carbons (Fsp3) is 1.00. The van der Waals surface area contributed by atoms with E-state index in [1.165, 1.54) is 38.5 Å². The minimum atomic E-state index is -0.265. The van der Waals surface area contributed by atoms with Crippen LogP contribution in [0.5, 0.6) is 0 Å². The Morgan fingerprint density at radius 3 is 2.00 bits per heavy atom.